The number of nitrogens with zero attached hydrogens (tertiary/aromatic N) is 3. The molecule has 11 nitrogen and oxygen atoms in total. The van der Waals surface area contributed by atoms with Gasteiger partial charge >= 0.3 is 0 Å². The molecule has 0 aliphatic carbocycles. The van der Waals surface area contributed by atoms with Gasteiger partial charge in [-0.1, -0.05) is 22.0 Å². The van der Waals surface area contributed by atoms with E-state index in [1.807, 2.05) is 6.92 Å². The third kappa shape index (κ3) is 3.90. The number of imide groups is 1. The quantitative estimate of drug-likeness (QED) is 0.170. The van der Waals surface area contributed by atoms with Gasteiger partial charge in [-0.25, -0.2) is 0 Å². The number of aryl methyl sites for hydroxylation is 1. The van der Waals surface area contributed by atoms with Gasteiger partial charge in [-0.3, -0.25) is 29.4 Å². The fraction of sp³-hybridized carbons (Fsp3) is 0.222. The Bertz CT molecular complexity index is 1550. The van der Waals surface area contributed by atoms with Crippen molar-refractivity contribution in [3.05, 3.63) is 85.4 Å². The van der Waals surface area contributed by atoms with Gasteiger partial charge in [0.05, 0.1) is 37.9 Å². The first-order valence-electron chi connectivity index (χ1n) is 11.7. The number of halogens is 1. The molecule has 3 aromatic carbocycles. The molecule has 3 aromatic rings. The second-order valence-corrected chi connectivity index (χ2v) is 9.78. The predicted octanol–water partition coefficient (Wildman–Crippen LogP) is 4.44. The van der Waals surface area contributed by atoms with Crippen molar-refractivity contribution in [2.75, 3.05) is 26.2 Å². The lowest BCUT2D eigenvalue weighted by molar-refractivity contribution is -0.385. The molecule has 2 heterocycles. The maximum atomic E-state index is 13.8. The highest BCUT2D eigenvalue weighted by Gasteiger charge is 2.58. The summed E-state index contributed by atoms with van der Waals surface area (Å²) in [6, 6.07) is 10.3. The van der Waals surface area contributed by atoms with Crippen molar-refractivity contribution in [2.24, 2.45) is 0 Å². The maximum absolute atomic E-state index is 13.8. The van der Waals surface area contributed by atoms with E-state index in [2.05, 4.69) is 15.9 Å². The molecule has 2 aliphatic heterocycles. The smallest absolute Gasteiger partial charge is 0.282 e. The first-order valence-corrected chi connectivity index (χ1v) is 12.5. The molecule has 0 saturated carbocycles. The van der Waals surface area contributed by atoms with Crippen LogP contribution in [0.4, 0.5) is 11.4 Å². The monoisotopic (exact) mass is 595 g/mol. The van der Waals surface area contributed by atoms with Crippen LogP contribution >= 0.6 is 15.9 Å². The van der Waals surface area contributed by atoms with Crippen LogP contribution in [0.5, 0.6) is 17.2 Å². The Balaban J connectivity index is 1.67. The number of carbonyl (C=O) groups is 3. The van der Waals surface area contributed by atoms with E-state index in [-0.39, 0.29) is 11.1 Å². The van der Waals surface area contributed by atoms with Crippen molar-refractivity contribution in [2.45, 2.75) is 19.0 Å². The molecule has 0 spiro atoms. The van der Waals surface area contributed by atoms with Gasteiger partial charge in [-0.2, -0.15) is 0 Å². The van der Waals surface area contributed by atoms with E-state index < -0.39 is 40.4 Å². The topological polar surface area (TPSA) is 129 Å². The van der Waals surface area contributed by atoms with Crippen molar-refractivity contribution in [1.29, 1.82) is 0 Å². The fourth-order valence-corrected chi connectivity index (χ4v) is 5.33. The Hall–Kier alpha value is -4.45. The normalized spacial score (nSPS) is 18.1. The standard InChI is InChI=1S/C27H22BrN3O8/c1-13-10-15(8-9-17(13)28)29-22(14-11-19(37-2)24(39-4)20(12-14)38-3)23(27(29)34)30-25(32)16-6-5-7-18(31(35)36)21(16)26(30)33/h5-12,22-23H,1-4H3/t22-,23-/m0/s1. The van der Waals surface area contributed by atoms with Gasteiger partial charge in [-0.05, 0) is 54.4 Å². The molecule has 0 unspecified atom stereocenters. The van der Waals surface area contributed by atoms with Gasteiger partial charge in [0.15, 0.2) is 11.5 Å². The van der Waals surface area contributed by atoms with Crippen molar-refractivity contribution < 1.29 is 33.5 Å². The summed E-state index contributed by atoms with van der Waals surface area (Å²) in [5.74, 6) is -1.24. The number of amides is 3. The second-order valence-electron chi connectivity index (χ2n) is 8.93. The SMILES string of the molecule is COc1cc([C@H]2[C@H](N3C(=O)c4cccc([N+](=O)[O-])c4C3=O)C(=O)N2c2ccc(Br)c(C)c2)cc(OC)c1OC. The maximum Gasteiger partial charge on any atom is 0.282 e. The number of fused-ring (bicyclic) bond motifs is 1. The van der Waals surface area contributed by atoms with E-state index >= 15 is 0 Å². The lowest BCUT2D eigenvalue weighted by Gasteiger charge is -2.50. The summed E-state index contributed by atoms with van der Waals surface area (Å²) in [7, 11) is 4.35. The highest BCUT2D eigenvalue weighted by Crippen LogP contribution is 2.49. The summed E-state index contributed by atoms with van der Waals surface area (Å²) >= 11 is 3.46. The van der Waals surface area contributed by atoms with Crippen LogP contribution in [-0.4, -0.2) is 54.9 Å². The molecule has 200 valence electrons. The Labute approximate surface area is 231 Å². The zero-order valence-electron chi connectivity index (χ0n) is 21.3. The van der Waals surface area contributed by atoms with Crippen molar-refractivity contribution in [3.8, 4) is 17.2 Å². The molecule has 0 aromatic heterocycles. The average Bonchev–Trinajstić information content (AvgIpc) is 3.17. The van der Waals surface area contributed by atoms with Crippen molar-refractivity contribution in [3.63, 3.8) is 0 Å². The first-order chi connectivity index (χ1) is 18.6. The van der Waals surface area contributed by atoms with Crippen LogP contribution in [0.25, 0.3) is 0 Å². The van der Waals surface area contributed by atoms with Gasteiger partial charge in [0.25, 0.3) is 23.4 Å². The fourth-order valence-electron chi connectivity index (χ4n) is 5.09. The second kappa shape index (κ2) is 9.70. The number of β-lactam (4-membered cyclic amide) rings is 1. The van der Waals surface area contributed by atoms with Gasteiger partial charge in [-0.15, -0.1) is 0 Å². The van der Waals surface area contributed by atoms with Gasteiger partial charge in [0, 0.05) is 16.2 Å². The summed E-state index contributed by atoms with van der Waals surface area (Å²) in [4.78, 5) is 54.0. The summed E-state index contributed by atoms with van der Waals surface area (Å²) in [6.45, 7) is 1.87. The zero-order chi connectivity index (χ0) is 28.2. The Morgan fingerprint density at radius 2 is 1.54 bits per heavy atom. The molecule has 1 fully saturated rings. The van der Waals surface area contributed by atoms with Crippen LogP contribution in [0, 0.1) is 17.0 Å². The molecule has 0 N–H and O–H groups in total. The van der Waals surface area contributed by atoms with E-state index in [1.54, 1.807) is 30.3 Å². The number of hydrogen-bond donors (Lipinski definition) is 0. The number of nitro groups is 1. The van der Waals surface area contributed by atoms with Crippen LogP contribution < -0.4 is 19.1 Å². The average molecular weight is 596 g/mol. The lowest BCUT2D eigenvalue weighted by atomic mass is 9.85. The molecule has 5 rings (SSSR count). The van der Waals surface area contributed by atoms with Gasteiger partial charge in [0.2, 0.25) is 5.75 Å². The molecular formula is C27H22BrN3O8. The highest BCUT2D eigenvalue weighted by molar-refractivity contribution is 9.10. The molecule has 12 heteroatoms. The third-order valence-corrected chi connectivity index (χ3v) is 7.80. The van der Waals surface area contributed by atoms with Crippen LogP contribution in [0.3, 0.4) is 0 Å². The summed E-state index contributed by atoms with van der Waals surface area (Å²) < 4.78 is 17.3. The Kier molecular flexibility index (Phi) is 6.51. The van der Waals surface area contributed by atoms with E-state index in [0.29, 0.717) is 28.5 Å². The molecule has 2 aliphatic rings. The van der Waals surface area contributed by atoms with Crippen molar-refractivity contribution in [1.82, 2.24) is 4.90 Å². The molecule has 3 amide bonds. The lowest BCUT2D eigenvalue weighted by Crippen LogP contribution is -2.67. The number of nitro benzene ring substituents is 1. The zero-order valence-corrected chi connectivity index (χ0v) is 22.8. The predicted molar refractivity (Wildman–Crippen MR) is 143 cm³/mol. The van der Waals surface area contributed by atoms with Crippen molar-refractivity contribution >= 4 is 45.0 Å². The van der Waals surface area contributed by atoms with E-state index in [1.165, 1.54) is 38.4 Å². The summed E-state index contributed by atoms with van der Waals surface area (Å²) in [5, 5.41) is 11.6. The Morgan fingerprint density at radius 3 is 2.10 bits per heavy atom. The van der Waals surface area contributed by atoms with Gasteiger partial charge in [0.1, 0.15) is 11.6 Å². The minimum absolute atomic E-state index is 0.122. The minimum Gasteiger partial charge on any atom is -0.493 e. The largest absolute Gasteiger partial charge is 0.493 e. The van der Waals surface area contributed by atoms with E-state index in [0.717, 1.165) is 21.0 Å². The van der Waals surface area contributed by atoms with Crippen LogP contribution in [0.15, 0.2) is 53.0 Å². The third-order valence-electron chi connectivity index (χ3n) is 6.92. The number of ether oxygens (including phenoxy) is 3. The summed E-state index contributed by atoms with van der Waals surface area (Å²) in [6.07, 6.45) is 0. The first kappa shape index (κ1) is 26.2. The van der Waals surface area contributed by atoms with E-state index in [9.17, 15) is 24.5 Å². The molecule has 1 saturated heterocycles. The number of carbonyl (C=O) groups excluding carboxylic acids is 3. The number of benzene rings is 3. The number of rotatable bonds is 7. The molecule has 0 bridgehead atoms. The van der Waals surface area contributed by atoms with Crippen LogP contribution in [0.1, 0.15) is 37.9 Å². The van der Waals surface area contributed by atoms with Crippen LogP contribution in [0.2, 0.25) is 0 Å². The van der Waals surface area contributed by atoms with Crippen LogP contribution in [-0.2, 0) is 4.79 Å². The summed E-state index contributed by atoms with van der Waals surface area (Å²) in [5.41, 5.74) is 0.957. The minimum atomic E-state index is -1.27. The van der Waals surface area contributed by atoms with Gasteiger partial charge < -0.3 is 19.1 Å². The molecular weight excluding hydrogens is 574 g/mol. The van der Waals surface area contributed by atoms with E-state index in [4.69, 9.17) is 14.2 Å². The highest BCUT2D eigenvalue weighted by atomic mass is 79.9. The molecule has 2 atom stereocenters. The number of methoxy groups -OCH3 is 3. The Morgan fingerprint density at radius 1 is 0.872 bits per heavy atom. The molecule has 39 heavy (non-hydrogen) atoms. The number of hydrogen-bond acceptors (Lipinski definition) is 8. The number of anilines is 1. The molecule has 0 radical (unpaired) electrons.